The van der Waals surface area contributed by atoms with Crippen LogP contribution in [0.5, 0.6) is 0 Å². The third kappa shape index (κ3) is 6.82. The Morgan fingerprint density at radius 2 is 1.77 bits per heavy atom. The van der Waals surface area contributed by atoms with Gasteiger partial charge in [0, 0.05) is 66.6 Å². The standard InChI is InChI=1S/C28H39N5O.C4H6O6/c1-6-19(3)33-16-21-13-26-24(23-8-7-9-25(33)27(21)23)12-22(15-31(26)5)28(34)30-14-18(2)20(4)32-11-10-29-17-32;5-1(3(7)8)2(6)4(9)10/h7-11,16-20,22,24,26H,6,12-15H2,1-5H3,(H,30,34);1-2,5-6H,(H,7,8)(H,9,10)/t18?,19?,20?,22-,24?,26-;/m1./s1. The van der Waals surface area contributed by atoms with Crippen molar-refractivity contribution in [1.82, 2.24) is 24.3 Å². The number of likely N-dealkylation sites (N-methyl/N-ethyl adjacent to an activating group) is 1. The lowest BCUT2D eigenvalue weighted by Crippen LogP contribution is -2.51. The van der Waals surface area contributed by atoms with Crippen LogP contribution in [-0.4, -0.2) is 95.7 Å². The zero-order chi connectivity index (χ0) is 32.3. The molecular weight excluding hydrogens is 566 g/mol. The molecule has 5 N–H and O–H groups in total. The fraction of sp³-hybridized carbons (Fsp3) is 0.562. The molecule has 0 radical (unpaired) electrons. The van der Waals surface area contributed by atoms with Crippen LogP contribution in [0, 0.1) is 11.8 Å². The SMILES string of the molecule is CCC(C)n1cc2c3c(cccc31)C1C[C@@H](C(=O)NCC(C)C(C)n3ccnc3)CN(C)[C@@H]1C2.O=C(O)C(O)C(O)C(=O)O. The number of benzene rings is 1. The van der Waals surface area contributed by atoms with Gasteiger partial charge in [0.1, 0.15) is 0 Å². The van der Waals surface area contributed by atoms with E-state index in [1.54, 1.807) is 0 Å². The number of nitrogens with zero attached hydrogens (tertiary/aromatic N) is 4. The van der Waals surface area contributed by atoms with Gasteiger partial charge in [0.05, 0.1) is 12.2 Å². The first-order valence-corrected chi connectivity index (χ1v) is 15.2. The fourth-order valence-electron chi connectivity index (χ4n) is 6.48. The molecule has 2 aromatic heterocycles. The average molecular weight is 612 g/mol. The van der Waals surface area contributed by atoms with E-state index in [4.69, 9.17) is 20.4 Å². The summed E-state index contributed by atoms with van der Waals surface area (Å²) in [4.78, 5) is 39.4. The number of hydrogen-bond acceptors (Lipinski definition) is 7. The molecule has 8 atom stereocenters. The Balaban J connectivity index is 0.000000382. The van der Waals surface area contributed by atoms with Crippen molar-refractivity contribution < 1.29 is 34.8 Å². The van der Waals surface area contributed by atoms with E-state index < -0.39 is 24.1 Å². The van der Waals surface area contributed by atoms with E-state index in [2.05, 4.69) is 83.5 Å². The molecule has 0 saturated carbocycles. The molecule has 1 fully saturated rings. The van der Waals surface area contributed by atoms with Crippen LogP contribution in [0.3, 0.4) is 0 Å². The van der Waals surface area contributed by atoms with Gasteiger partial charge in [0.15, 0.2) is 12.2 Å². The van der Waals surface area contributed by atoms with Gasteiger partial charge < -0.3 is 39.8 Å². The van der Waals surface area contributed by atoms with Crippen LogP contribution in [0.2, 0.25) is 0 Å². The molecule has 1 aliphatic carbocycles. The first kappa shape index (κ1) is 33.2. The molecule has 5 rings (SSSR count). The quantitative estimate of drug-likeness (QED) is 0.231. The number of piperidine rings is 1. The molecule has 12 nitrogen and oxygen atoms in total. The lowest BCUT2D eigenvalue weighted by atomic mass is 9.72. The van der Waals surface area contributed by atoms with Crippen LogP contribution in [0.15, 0.2) is 43.1 Å². The zero-order valence-electron chi connectivity index (χ0n) is 26.0. The Kier molecular flexibility index (Phi) is 10.5. The van der Waals surface area contributed by atoms with Gasteiger partial charge in [-0.1, -0.05) is 26.0 Å². The molecule has 1 aromatic carbocycles. The van der Waals surface area contributed by atoms with Crippen molar-refractivity contribution in [3.63, 3.8) is 0 Å². The highest BCUT2D eigenvalue weighted by molar-refractivity contribution is 5.89. The summed E-state index contributed by atoms with van der Waals surface area (Å²) in [6.07, 6.45) is 6.65. The van der Waals surface area contributed by atoms with Crippen LogP contribution >= 0.6 is 0 Å². The summed E-state index contributed by atoms with van der Waals surface area (Å²) in [5.74, 6) is -2.58. The summed E-state index contributed by atoms with van der Waals surface area (Å²) < 4.78 is 4.58. The van der Waals surface area contributed by atoms with E-state index in [1.165, 1.54) is 22.0 Å². The summed E-state index contributed by atoms with van der Waals surface area (Å²) in [6, 6.07) is 8.06. The molecule has 1 saturated heterocycles. The highest BCUT2D eigenvalue weighted by Crippen LogP contribution is 2.45. The molecule has 2 aliphatic rings. The topological polar surface area (TPSA) is 170 Å². The summed E-state index contributed by atoms with van der Waals surface area (Å²) >= 11 is 0. The van der Waals surface area contributed by atoms with Crippen LogP contribution in [0.1, 0.15) is 69.7 Å². The number of carboxylic acid groups (broad SMARTS) is 2. The third-order valence-electron chi connectivity index (χ3n) is 9.53. The number of imidazole rings is 1. The van der Waals surface area contributed by atoms with Crippen LogP contribution < -0.4 is 5.32 Å². The van der Waals surface area contributed by atoms with Gasteiger partial charge in [-0.15, -0.1) is 0 Å². The Morgan fingerprint density at radius 3 is 2.36 bits per heavy atom. The number of aliphatic hydroxyl groups excluding tert-OH is 2. The molecule has 0 spiro atoms. The van der Waals surface area contributed by atoms with E-state index in [0.717, 1.165) is 25.8 Å². The zero-order valence-corrected chi connectivity index (χ0v) is 26.0. The molecule has 44 heavy (non-hydrogen) atoms. The number of likely N-dealkylation sites (tertiary alicyclic amines) is 1. The summed E-state index contributed by atoms with van der Waals surface area (Å²) in [7, 11) is 2.21. The maximum atomic E-state index is 13.3. The molecule has 240 valence electrons. The molecule has 3 aromatic rings. The predicted octanol–water partition coefficient (Wildman–Crippen LogP) is 2.66. The van der Waals surface area contributed by atoms with E-state index in [-0.39, 0.29) is 11.8 Å². The number of carboxylic acids is 2. The highest BCUT2D eigenvalue weighted by Gasteiger charge is 2.42. The molecule has 1 aliphatic heterocycles. The predicted molar refractivity (Wildman–Crippen MR) is 164 cm³/mol. The largest absolute Gasteiger partial charge is 0.479 e. The van der Waals surface area contributed by atoms with Crippen molar-refractivity contribution in [2.24, 2.45) is 11.8 Å². The van der Waals surface area contributed by atoms with E-state index in [9.17, 15) is 14.4 Å². The Morgan fingerprint density at radius 1 is 1.09 bits per heavy atom. The van der Waals surface area contributed by atoms with Crippen LogP contribution in [0.25, 0.3) is 10.9 Å². The molecule has 6 unspecified atom stereocenters. The minimum Gasteiger partial charge on any atom is -0.479 e. The van der Waals surface area contributed by atoms with Crippen molar-refractivity contribution >= 4 is 28.7 Å². The van der Waals surface area contributed by atoms with Crippen LogP contribution in [-0.2, 0) is 20.8 Å². The molecule has 1 amide bonds. The van der Waals surface area contributed by atoms with E-state index >= 15 is 0 Å². The minimum absolute atomic E-state index is 0.0236. The molecule has 0 bridgehead atoms. The van der Waals surface area contributed by atoms with Crippen molar-refractivity contribution in [2.75, 3.05) is 20.1 Å². The lowest BCUT2D eigenvalue weighted by Gasteiger charge is -2.45. The van der Waals surface area contributed by atoms with Crippen molar-refractivity contribution in [3.05, 3.63) is 54.2 Å². The number of hydrogen-bond donors (Lipinski definition) is 5. The monoisotopic (exact) mass is 611 g/mol. The number of rotatable bonds is 10. The van der Waals surface area contributed by atoms with E-state index in [1.807, 2.05) is 18.7 Å². The van der Waals surface area contributed by atoms with Gasteiger partial charge in [0.25, 0.3) is 0 Å². The first-order valence-electron chi connectivity index (χ1n) is 15.2. The number of carbonyl (C=O) groups excluding carboxylic acids is 1. The van der Waals surface area contributed by atoms with Crippen LogP contribution in [0.4, 0.5) is 0 Å². The number of aromatic nitrogens is 3. The summed E-state index contributed by atoms with van der Waals surface area (Å²) in [5.41, 5.74) is 4.28. The normalized spacial score (nSPS) is 22.9. The maximum absolute atomic E-state index is 13.3. The second kappa shape index (κ2) is 13.9. The summed E-state index contributed by atoms with van der Waals surface area (Å²) in [6.45, 7) is 10.5. The Labute approximate surface area is 257 Å². The number of aliphatic hydroxyl groups is 2. The van der Waals surface area contributed by atoms with Crippen molar-refractivity contribution in [3.8, 4) is 0 Å². The van der Waals surface area contributed by atoms with Gasteiger partial charge in [-0.2, -0.15) is 0 Å². The second-order valence-corrected chi connectivity index (χ2v) is 12.3. The van der Waals surface area contributed by atoms with Gasteiger partial charge in [-0.3, -0.25) is 4.79 Å². The average Bonchev–Trinajstić information content (AvgIpc) is 3.68. The fourth-order valence-corrected chi connectivity index (χ4v) is 6.48. The van der Waals surface area contributed by atoms with Gasteiger partial charge in [-0.25, -0.2) is 14.6 Å². The maximum Gasteiger partial charge on any atom is 0.335 e. The smallest absolute Gasteiger partial charge is 0.335 e. The van der Waals surface area contributed by atoms with E-state index in [0.29, 0.717) is 36.5 Å². The molecule has 12 heteroatoms. The lowest BCUT2D eigenvalue weighted by molar-refractivity contribution is -0.165. The van der Waals surface area contributed by atoms with Gasteiger partial charge >= 0.3 is 11.9 Å². The Hall–Kier alpha value is -3.74. The molecular formula is C32H45N5O7. The van der Waals surface area contributed by atoms with Crippen molar-refractivity contribution in [2.45, 2.75) is 83.2 Å². The van der Waals surface area contributed by atoms with Gasteiger partial charge in [-0.05, 0) is 63.3 Å². The number of aliphatic carboxylic acids is 2. The van der Waals surface area contributed by atoms with Crippen molar-refractivity contribution in [1.29, 1.82) is 0 Å². The summed E-state index contributed by atoms with van der Waals surface area (Å²) in [5, 5.41) is 37.2. The number of nitrogens with one attached hydrogen (secondary N) is 1. The minimum atomic E-state index is -2.27. The first-order chi connectivity index (χ1) is 20.8. The number of carbonyl (C=O) groups is 3. The number of amides is 1. The second-order valence-electron chi connectivity index (χ2n) is 12.3. The number of fused-ring (bicyclic) bond motifs is 2. The Bertz CT molecular complexity index is 1440. The van der Waals surface area contributed by atoms with Gasteiger partial charge in [0.2, 0.25) is 5.91 Å². The highest BCUT2D eigenvalue weighted by atomic mass is 16.4. The molecule has 3 heterocycles. The third-order valence-corrected chi connectivity index (χ3v) is 9.53.